The van der Waals surface area contributed by atoms with Gasteiger partial charge in [-0.3, -0.25) is 19.4 Å². The number of ether oxygens (including phenoxy) is 1. The summed E-state index contributed by atoms with van der Waals surface area (Å²) in [5.41, 5.74) is 5.65. The van der Waals surface area contributed by atoms with E-state index in [-0.39, 0.29) is 11.5 Å². The first kappa shape index (κ1) is 26.3. The number of nitrogens with one attached hydrogen (secondary N) is 1. The molecule has 0 spiro atoms. The van der Waals surface area contributed by atoms with Crippen molar-refractivity contribution >= 4 is 17.2 Å². The number of benzene rings is 2. The molecule has 9 nitrogen and oxygen atoms in total. The lowest BCUT2D eigenvalue weighted by molar-refractivity contribution is 0.102. The fourth-order valence-corrected chi connectivity index (χ4v) is 6.07. The Morgan fingerprint density at radius 3 is 2.52 bits per heavy atom. The number of carbonyl (C=O) groups is 1. The molecule has 2 aromatic carbocycles. The Bertz CT molecular complexity index is 1580. The van der Waals surface area contributed by atoms with Gasteiger partial charge in [0, 0.05) is 50.5 Å². The Balaban J connectivity index is 1.25. The maximum atomic E-state index is 13.6. The van der Waals surface area contributed by atoms with Crippen molar-refractivity contribution in [1.82, 2.24) is 24.0 Å². The monoisotopic (exact) mass is 540 g/mol. The minimum Gasteiger partial charge on any atom is -0.497 e. The minimum atomic E-state index is -0.258. The fourth-order valence-electron chi connectivity index (χ4n) is 6.07. The zero-order chi connectivity index (χ0) is 27.6. The maximum Gasteiger partial charge on any atom is 0.279 e. The molecule has 4 aromatic rings. The molecule has 0 aliphatic carbocycles. The minimum absolute atomic E-state index is 0.152. The molecule has 4 heterocycles. The van der Waals surface area contributed by atoms with Crippen LogP contribution < -0.4 is 15.6 Å². The van der Waals surface area contributed by atoms with Crippen molar-refractivity contribution in [2.45, 2.75) is 52.4 Å². The number of nitrogens with zero attached hydrogens (tertiary/aromatic N) is 5. The molecule has 2 aromatic heterocycles. The summed E-state index contributed by atoms with van der Waals surface area (Å²) >= 11 is 0. The Kier molecular flexibility index (Phi) is 7.40. The second-order valence-corrected chi connectivity index (χ2v) is 10.7. The van der Waals surface area contributed by atoms with E-state index in [9.17, 15) is 9.59 Å². The summed E-state index contributed by atoms with van der Waals surface area (Å²) < 4.78 is 8.76. The summed E-state index contributed by atoms with van der Waals surface area (Å²) in [4.78, 5) is 31.8. The number of likely N-dealkylation sites (tertiary alicyclic amines) is 1. The number of rotatable bonds is 8. The Hall–Kier alpha value is -3.95. The van der Waals surface area contributed by atoms with Gasteiger partial charge in [0.15, 0.2) is 5.65 Å². The molecule has 0 bridgehead atoms. The van der Waals surface area contributed by atoms with Crippen molar-refractivity contribution in [2.75, 3.05) is 32.1 Å². The summed E-state index contributed by atoms with van der Waals surface area (Å²) in [5, 5.41) is 7.45. The first-order chi connectivity index (χ1) is 19.5. The number of methoxy groups -OCH3 is 1. The van der Waals surface area contributed by atoms with E-state index < -0.39 is 0 Å². The van der Waals surface area contributed by atoms with Gasteiger partial charge in [0.05, 0.1) is 18.9 Å². The number of aryl methyl sites for hydroxylation is 1. The molecule has 0 atom stereocenters. The third-order valence-corrected chi connectivity index (χ3v) is 8.09. The van der Waals surface area contributed by atoms with Gasteiger partial charge in [-0.25, -0.2) is 0 Å². The van der Waals surface area contributed by atoms with Crippen LogP contribution in [0.2, 0.25) is 0 Å². The highest BCUT2D eigenvalue weighted by Gasteiger charge is 2.27. The Morgan fingerprint density at radius 2 is 1.77 bits per heavy atom. The molecule has 208 valence electrons. The SMILES string of the molecule is CCn1c2c(c(=O)n3ncc(C(=O)Nc4cccc(CN5CCCC5)c4)c13)CN(Cc1ccc(OC)cc1)CC2. The van der Waals surface area contributed by atoms with Crippen molar-refractivity contribution < 1.29 is 9.53 Å². The van der Waals surface area contributed by atoms with Crippen LogP contribution in [-0.2, 0) is 32.6 Å². The van der Waals surface area contributed by atoms with Crippen LogP contribution in [0, 0.1) is 0 Å². The first-order valence-electron chi connectivity index (χ1n) is 14.1. The number of anilines is 1. The molecule has 6 rings (SSSR count). The van der Waals surface area contributed by atoms with Gasteiger partial charge in [-0.15, -0.1) is 0 Å². The van der Waals surface area contributed by atoms with E-state index in [0.717, 1.165) is 61.8 Å². The van der Waals surface area contributed by atoms with Crippen molar-refractivity contribution in [3.8, 4) is 5.75 Å². The van der Waals surface area contributed by atoms with Crippen molar-refractivity contribution in [3.63, 3.8) is 0 Å². The van der Waals surface area contributed by atoms with E-state index >= 15 is 0 Å². The van der Waals surface area contributed by atoms with Crippen LogP contribution in [0.1, 0.15) is 52.5 Å². The standard InChI is InChI=1S/C31H36N6O3/c1-3-36-28-13-16-35(19-22-9-11-25(40-2)12-10-22)21-27(28)31(39)37-30(36)26(18-32-37)29(38)33-24-8-6-7-23(17-24)20-34-14-4-5-15-34/h6-12,17-18H,3-5,13-16,19-21H2,1-2H3,(H,33,38). The Labute approximate surface area is 234 Å². The third kappa shape index (κ3) is 5.14. The molecular formula is C31H36N6O3. The number of fused-ring (bicyclic) bond motifs is 2. The van der Waals surface area contributed by atoms with Gasteiger partial charge in [0.25, 0.3) is 11.5 Å². The van der Waals surface area contributed by atoms with Gasteiger partial charge in [0.1, 0.15) is 11.3 Å². The predicted octanol–water partition coefficient (Wildman–Crippen LogP) is 3.93. The largest absolute Gasteiger partial charge is 0.497 e. The molecule has 1 fully saturated rings. The lowest BCUT2D eigenvalue weighted by Crippen LogP contribution is -2.38. The quantitative estimate of drug-likeness (QED) is 0.365. The molecular weight excluding hydrogens is 504 g/mol. The molecule has 9 heteroatoms. The molecule has 1 amide bonds. The molecule has 1 N–H and O–H groups in total. The van der Waals surface area contributed by atoms with E-state index in [2.05, 4.69) is 43.0 Å². The molecule has 1 saturated heterocycles. The van der Waals surface area contributed by atoms with Gasteiger partial charge in [-0.1, -0.05) is 24.3 Å². The van der Waals surface area contributed by atoms with Crippen LogP contribution in [0.5, 0.6) is 5.75 Å². The van der Waals surface area contributed by atoms with Crippen molar-refractivity contribution in [2.24, 2.45) is 0 Å². The van der Waals surface area contributed by atoms with Crippen LogP contribution in [0.25, 0.3) is 5.65 Å². The van der Waals surface area contributed by atoms with Crippen molar-refractivity contribution in [1.29, 1.82) is 0 Å². The zero-order valence-electron chi connectivity index (χ0n) is 23.2. The van der Waals surface area contributed by atoms with Crippen LogP contribution in [-0.4, -0.2) is 56.6 Å². The van der Waals surface area contributed by atoms with E-state index in [0.29, 0.717) is 24.3 Å². The average molecular weight is 541 g/mol. The van der Waals surface area contributed by atoms with Crippen LogP contribution in [0.3, 0.4) is 0 Å². The average Bonchev–Trinajstić information content (AvgIpc) is 3.65. The number of amides is 1. The number of carbonyl (C=O) groups excluding carboxylic acids is 1. The van der Waals surface area contributed by atoms with E-state index in [1.54, 1.807) is 7.11 Å². The molecule has 2 aliphatic heterocycles. The van der Waals surface area contributed by atoms with Gasteiger partial charge in [-0.05, 0) is 68.2 Å². The highest BCUT2D eigenvalue weighted by Crippen LogP contribution is 2.24. The highest BCUT2D eigenvalue weighted by atomic mass is 16.5. The summed E-state index contributed by atoms with van der Waals surface area (Å²) in [7, 11) is 1.66. The molecule has 0 unspecified atom stereocenters. The topological polar surface area (TPSA) is 84.1 Å². The second kappa shape index (κ2) is 11.3. The number of aromatic nitrogens is 3. The van der Waals surface area contributed by atoms with Crippen molar-refractivity contribution in [3.05, 3.63) is 93.0 Å². The lowest BCUT2D eigenvalue weighted by Gasteiger charge is -2.30. The smallest absolute Gasteiger partial charge is 0.279 e. The van der Waals surface area contributed by atoms with Gasteiger partial charge in [-0.2, -0.15) is 9.61 Å². The second-order valence-electron chi connectivity index (χ2n) is 10.7. The summed E-state index contributed by atoms with van der Waals surface area (Å²) in [6.45, 7) is 7.94. The van der Waals surface area contributed by atoms with Crippen LogP contribution >= 0.6 is 0 Å². The van der Waals surface area contributed by atoms with E-state index in [1.165, 1.54) is 34.7 Å². The summed E-state index contributed by atoms with van der Waals surface area (Å²) in [6.07, 6.45) is 4.74. The van der Waals surface area contributed by atoms with Gasteiger partial charge in [0.2, 0.25) is 0 Å². The maximum absolute atomic E-state index is 13.6. The van der Waals surface area contributed by atoms with Crippen LogP contribution in [0.4, 0.5) is 5.69 Å². The summed E-state index contributed by atoms with van der Waals surface area (Å²) in [6, 6.07) is 16.1. The first-order valence-corrected chi connectivity index (χ1v) is 14.1. The predicted molar refractivity (Wildman–Crippen MR) is 155 cm³/mol. The number of hydrogen-bond acceptors (Lipinski definition) is 6. The zero-order valence-corrected chi connectivity index (χ0v) is 23.2. The molecule has 2 aliphatic rings. The highest BCUT2D eigenvalue weighted by molar-refractivity contribution is 6.08. The van der Waals surface area contributed by atoms with Gasteiger partial charge >= 0.3 is 0 Å². The fraction of sp³-hybridized carbons (Fsp3) is 0.387. The molecule has 0 saturated carbocycles. The summed E-state index contributed by atoms with van der Waals surface area (Å²) in [5.74, 6) is 0.570. The van der Waals surface area contributed by atoms with Crippen LogP contribution in [0.15, 0.2) is 59.5 Å². The number of hydrogen-bond donors (Lipinski definition) is 1. The molecule has 0 radical (unpaired) electrons. The van der Waals surface area contributed by atoms with E-state index in [1.807, 2.05) is 37.3 Å². The Morgan fingerprint density at radius 1 is 1.00 bits per heavy atom. The normalized spacial score (nSPS) is 15.8. The molecule has 40 heavy (non-hydrogen) atoms. The lowest BCUT2D eigenvalue weighted by atomic mass is 10.0. The van der Waals surface area contributed by atoms with E-state index in [4.69, 9.17) is 4.74 Å². The van der Waals surface area contributed by atoms with Gasteiger partial charge < -0.3 is 14.6 Å². The third-order valence-electron chi connectivity index (χ3n) is 8.09.